The number of amides is 2. The highest BCUT2D eigenvalue weighted by Gasteiger charge is 2.23. The number of carbonyl (C=O) groups excluding carboxylic acids is 1. The Bertz CT molecular complexity index is 1200. The largest absolute Gasteiger partial charge is 0.495 e. The SMILES string of the molecule is COc1ccccc1NC(=O)N1CCN(c2ccc3nnc(-c4ccco4)n3n2)CC1. The molecule has 3 aromatic heterocycles. The number of nitrogens with zero attached hydrogens (tertiary/aromatic N) is 6. The fourth-order valence-corrected chi connectivity index (χ4v) is 3.59. The normalized spacial score (nSPS) is 14.1. The van der Waals surface area contributed by atoms with Gasteiger partial charge >= 0.3 is 6.03 Å². The maximum absolute atomic E-state index is 12.7. The lowest BCUT2D eigenvalue weighted by Gasteiger charge is -2.35. The maximum atomic E-state index is 12.7. The molecule has 5 rings (SSSR count). The van der Waals surface area contributed by atoms with Crippen LogP contribution in [0.2, 0.25) is 0 Å². The molecule has 1 aliphatic heterocycles. The molecule has 1 fully saturated rings. The molecule has 2 amide bonds. The second-order valence-corrected chi connectivity index (χ2v) is 7.07. The predicted octanol–water partition coefficient (Wildman–Crippen LogP) is 2.75. The topological polar surface area (TPSA) is 101 Å². The van der Waals surface area contributed by atoms with E-state index in [0.29, 0.717) is 54.8 Å². The van der Waals surface area contributed by atoms with E-state index in [-0.39, 0.29) is 6.03 Å². The third-order valence-corrected chi connectivity index (χ3v) is 5.23. The second-order valence-electron chi connectivity index (χ2n) is 7.07. The average Bonchev–Trinajstić information content (AvgIpc) is 3.49. The first-order chi connectivity index (χ1) is 15.2. The summed E-state index contributed by atoms with van der Waals surface area (Å²) in [5.41, 5.74) is 1.30. The molecule has 158 valence electrons. The molecule has 4 aromatic rings. The van der Waals surface area contributed by atoms with Gasteiger partial charge in [0.15, 0.2) is 11.4 Å². The van der Waals surface area contributed by atoms with E-state index in [9.17, 15) is 4.79 Å². The monoisotopic (exact) mass is 419 g/mol. The van der Waals surface area contributed by atoms with Crippen molar-refractivity contribution in [1.82, 2.24) is 24.7 Å². The first-order valence-electron chi connectivity index (χ1n) is 9.93. The van der Waals surface area contributed by atoms with Crippen LogP contribution in [0.25, 0.3) is 17.2 Å². The van der Waals surface area contributed by atoms with Crippen LogP contribution >= 0.6 is 0 Å². The highest BCUT2D eigenvalue weighted by molar-refractivity contribution is 5.91. The molecule has 1 aromatic carbocycles. The molecule has 31 heavy (non-hydrogen) atoms. The number of rotatable bonds is 4. The number of ether oxygens (including phenoxy) is 1. The van der Waals surface area contributed by atoms with Crippen molar-refractivity contribution in [3.8, 4) is 17.3 Å². The van der Waals surface area contributed by atoms with Crippen molar-refractivity contribution < 1.29 is 13.9 Å². The Labute approximate surface area is 178 Å². The van der Waals surface area contributed by atoms with Crippen LogP contribution in [0.1, 0.15) is 0 Å². The number of methoxy groups -OCH3 is 1. The number of para-hydroxylation sites is 2. The molecule has 0 unspecified atom stereocenters. The lowest BCUT2D eigenvalue weighted by molar-refractivity contribution is 0.208. The molecule has 0 spiro atoms. The molecule has 10 heteroatoms. The molecule has 1 N–H and O–H groups in total. The Morgan fingerprint density at radius 1 is 1.03 bits per heavy atom. The standard InChI is InChI=1S/C21H21N7O3/c1-30-16-6-3-2-5-15(16)22-21(29)27-12-10-26(11-13-27)19-9-8-18-23-24-20(28(18)25-19)17-7-4-14-31-17/h2-9,14H,10-13H2,1H3,(H,22,29). The Kier molecular flexibility index (Phi) is 4.87. The van der Waals surface area contributed by atoms with Crippen LogP contribution in [-0.4, -0.2) is 64.0 Å². The summed E-state index contributed by atoms with van der Waals surface area (Å²) in [4.78, 5) is 16.6. The van der Waals surface area contributed by atoms with Crippen molar-refractivity contribution >= 4 is 23.2 Å². The van der Waals surface area contributed by atoms with Gasteiger partial charge in [-0.1, -0.05) is 12.1 Å². The fourth-order valence-electron chi connectivity index (χ4n) is 3.59. The molecule has 1 aliphatic rings. The fraction of sp³-hybridized carbons (Fsp3) is 0.238. The van der Waals surface area contributed by atoms with Crippen LogP contribution in [0.5, 0.6) is 5.75 Å². The molecule has 4 heterocycles. The predicted molar refractivity (Wildman–Crippen MR) is 114 cm³/mol. The minimum absolute atomic E-state index is 0.147. The number of furan rings is 1. The lowest BCUT2D eigenvalue weighted by atomic mass is 10.3. The summed E-state index contributed by atoms with van der Waals surface area (Å²) in [5, 5.41) is 16.0. The van der Waals surface area contributed by atoms with Crippen LogP contribution in [0.15, 0.2) is 59.2 Å². The minimum atomic E-state index is -0.147. The summed E-state index contributed by atoms with van der Waals surface area (Å²) < 4.78 is 12.4. The Morgan fingerprint density at radius 2 is 1.87 bits per heavy atom. The molecule has 0 bridgehead atoms. The molecule has 1 saturated heterocycles. The van der Waals surface area contributed by atoms with E-state index in [1.165, 1.54) is 0 Å². The van der Waals surface area contributed by atoms with Crippen molar-refractivity contribution in [2.75, 3.05) is 43.5 Å². The molecule has 10 nitrogen and oxygen atoms in total. The second kappa shape index (κ2) is 7.98. The summed E-state index contributed by atoms with van der Waals surface area (Å²) in [7, 11) is 1.58. The van der Waals surface area contributed by atoms with E-state index in [1.54, 1.807) is 28.9 Å². The van der Waals surface area contributed by atoms with E-state index in [4.69, 9.17) is 14.3 Å². The van der Waals surface area contributed by atoms with E-state index in [0.717, 1.165) is 5.82 Å². The van der Waals surface area contributed by atoms with Crippen LogP contribution in [0.4, 0.5) is 16.3 Å². The summed E-state index contributed by atoms with van der Waals surface area (Å²) in [5.74, 6) is 2.59. The third kappa shape index (κ3) is 3.63. The molecule has 0 saturated carbocycles. The van der Waals surface area contributed by atoms with Crippen molar-refractivity contribution in [3.05, 3.63) is 54.8 Å². The average molecular weight is 419 g/mol. The van der Waals surface area contributed by atoms with Crippen molar-refractivity contribution in [2.24, 2.45) is 0 Å². The van der Waals surface area contributed by atoms with E-state index in [2.05, 4.69) is 20.4 Å². The van der Waals surface area contributed by atoms with Crippen molar-refractivity contribution in [1.29, 1.82) is 0 Å². The Hall–Kier alpha value is -4.08. The van der Waals surface area contributed by atoms with E-state index >= 15 is 0 Å². The van der Waals surface area contributed by atoms with Gasteiger partial charge in [0.25, 0.3) is 0 Å². The number of piperazine rings is 1. The van der Waals surface area contributed by atoms with Gasteiger partial charge in [0.1, 0.15) is 11.6 Å². The Balaban J connectivity index is 1.28. The zero-order valence-corrected chi connectivity index (χ0v) is 16.9. The first kappa shape index (κ1) is 18.9. The van der Waals surface area contributed by atoms with Gasteiger partial charge < -0.3 is 24.3 Å². The Morgan fingerprint density at radius 3 is 2.65 bits per heavy atom. The van der Waals surface area contributed by atoms with Gasteiger partial charge in [-0.15, -0.1) is 15.3 Å². The number of hydrogen-bond acceptors (Lipinski definition) is 7. The maximum Gasteiger partial charge on any atom is 0.322 e. The summed E-state index contributed by atoms with van der Waals surface area (Å²) in [6, 6.07) is 14.6. The summed E-state index contributed by atoms with van der Waals surface area (Å²) in [6.45, 7) is 2.48. The van der Waals surface area contributed by atoms with Gasteiger partial charge in [0, 0.05) is 26.2 Å². The van der Waals surface area contributed by atoms with E-state index < -0.39 is 0 Å². The van der Waals surface area contributed by atoms with Crippen LogP contribution in [-0.2, 0) is 0 Å². The minimum Gasteiger partial charge on any atom is -0.495 e. The number of carbonyl (C=O) groups is 1. The van der Waals surface area contributed by atoms with Gasteiger partial charge in [0.05, 0.1) is 19.1 Å². The lowest BCUT2D eigenvalue weighted by Crippen LogP contribution is -2.50. The summed E-state index contributed by atoms with van der Waals surface area (Å²) in [6.07, 6.45) is 1.59. The molecule has 0 atom stereocenters. The van der Waals surface area contributed by atoms with Crippen LogP contribution in [0.3, 0.4) is 0 Å². The smallest absolute Gasteiger partial charge is 0.322 e. The third-order valence-electron chi connectivity index (χ3n) is 5.23. The number of urea groups is 1. The molecular weight excluding hydrogens is 398 g/mol. The van der Waals surface area contributed by atoms with Gasteiger partial charge in [-0.3, -0.25) is 0 Å². The molecular formula is C21H21N7O3. The zero-order valence-electron chi connectivity index (χ0n) is 16.9. The van der Waals surface area contributed by atoms with E-state index in [1.807, 2.05) is 42.5 Å². The van der Waals surface area contributed by atoms with Gasteiger partial charge in [-0.05, 0) is 36.4 Å². The number of anilines is 2. The van der Waals surface area contributed by atoms with Crippen molar-refractivity contribution in [2.45, 2.75) is 0 Å². The number of nitrogens with one attached hydrogen (secondary N) is 1. The van der Waals surface area contributed by atoms with Crippen LogP contribution < -0.4 is 15.0 Å². The van der Waals surface area contributed by atoms with Crippen LogP contribution in [0, 0.1) is 0 Å². The quantitative estimate of drug-likeness (QED) is 0.543. The number of aromatic nitrogens is 4. The molecule has 0 aliphatic carbocycles. The highest BCUT2D eigenvalue weighted by atomic mass is 16.5. The van der Waals surface area contributed by atoms with Gasteiger partial charge in [-0.2, -0.15) is 4.52 Å². The van der Waals surface area contributed by atoms with Crippen molar-refractivity contribution in [3.63, 3.8) is 0 Å². The molecule has 0 radical (unpaired) electrons. The summed E-state index contributed by atoms with van der Waals surface area (Å²) >= 11 is 0. The highest BCUT2D eigenvalue weighted by Crippen LogP contribution is 2.24. The van der Waals surface area contributed by atoms with Gasteiger partial charge in [-0.25, -0.2) is 4.79 Å². The van der Waals surface area contributed by atoms with Gasteiger partial charge in [0.2, 0.25) is 5.82 Å². The first-order valence-corrected chi connectivity index (χ1v) is 9.93. The number of benzene rings is 1. The number of hydrogen-bond donors (Lipinski definition) is 1. The zero-order chi connectivity index (χ0) is 21.2. The number of fused-ring (bicyclic) bond motifs is 1.